The third-order valence-corrected chi connectivity index (χ3v) is 5.02. The second kappa shape index (κ2) is 7.95. The standard InChI is InChI=1S/C19H14ClN3O4S/c1-25-18(24)16-8-7-14(27-16)11-28-19-22-21-17(15-6-3-9-26-15)23(19)13-5-2-4-12(20)10-13/h2-10H,11H2,1H3. The van der Waals surface area contributed by atoms with Crippen molar-refractivity contribution in [3.05, 3.63) is 71.3 Å². The van der Waals surface area contributed by atoms with Crippen LogP contribution in [-0.2, 0) is 10.5 Å². The molecule has 9 heteroatoms. The van der Waals surface area contributed by atoms with E-state index in [4.69, 9.17) is 20.4 Å². The summed E-state index contributed by atoms with van der Waals surface area (Å²) in [6.07, 6.45) is 1.58. The minimum Gasteiger partial charge on any atom is -0.463 e. The fourth-order valence-electron chi connectivity index (χ4n) is 2.58. The topological polar surface area (TPSA) is 83.3 Å². The number of ether oxygens (including phenoxy) is 1. The molecule has 0 aliphatic rings. The average Bonchev–Trinajstić information content (AvgIpc) is 3.45. The van der Waals surface area contributed by atoms with E-state index < -0.39 is 5.97 Å². The molecule has 0 saturated carbocycles. The fraction of sp³-hybridized carbons (Fsp3) is 0.105. The van der Waals surface area contributed by atoms with Gasteiger partial charge in [-0.25, -0.2) is 4.79 Å². The van der Waals surface area contributed by atoms with E-state index in [2.05, 4.69) is 14.9 Å². The van der Waals surface area contributed by atoms with Crippen molar-refractivity contribution in [2.75, 3.05) is 7.11 Å². The van der Waals surface area contributed by atoms with Crippen LogP contribution in [0.5, 0.6) is 0 Å². The molecular formula is C19H14ClN3O4S. The summed E-state index contributed by atoms with van der Waals surface area (Å²) >= 11 is 7.58. The van der Waals surface area contributed by atoms with Gasteiger partial charge in [0.15, 0.2) is 10.9 Å². The third kappa shape index (κ3) is 3.69. The zero-order valence-electron chi connectivity index (χ0n) is 14.7. The monoisotopic (exact) mass is 415 g/mol. The molecule has 0 aliphatic heterocycles. The van der Waals surface area contributed by atoms with Gasteiger partial charge in [-0.15, -0.1) is 10.2 Å². The number of carbonyl (C=O) groups excluding carboxylic acids is 1. The predicted octanol–water partition coefficient (Wildman–Crippen LogP) is 4.85. The molecule has 0 N–H and O–H groups in total. The summed E-state index contributed by atoms with van der Waals surface area (Å²) in [7, 11) is 1.31. The van der Waals surface area contributed by atoms with Crippen molar-refractivity contribution in [1.29, 1.82) is 0 Å². The molecule has 0 atom stereocenters. The number of esters is 1. The van der Waals surface area contributed by atoms with Gasteiger partial charge in [0, 0.05) is 5.02 Å². The molecule has 1 aromatic carbocycles. The highest BCUT2D eigenvalue weighted by atomic mass is 35.5. The first-order valence-corrected chi connectivity index (χ1v) is 9.57. The summed E-state index contributed by atoms with van der Waals surface area (Å²) in [6, 6.07) is 14.3. The van der Waals surface area contributed by atoms with Crippen LogP contribution in [0.3, 0.4) is 0 Å². The molecule has 0 radical (unpaired) electrons. The van der Waals surface area contributed by atoms with Gasteiger partial charge in [-0.05, 0) is 42.5 Å². The van der Waals surface area contributed by atoms with Gasteiger partial charge in [0.05, 0.1) is 24.8 Å². The second-order valence-electron chi connectivity index (χ2n) is 5.64. The van der Waals surface area contributed by atoms with Crippen LogP contribution in [0.25, 0.3) is 17.3 Å². The van der Waals surface area contributed by atoms with Crippen molar-refractivity contribution in [2.24, 2.45) is 0 Å². The van der Waals surface area contributed by atoms with E-state index in [9.17, 15) is 4.79 Å². The Morgan fingerprint density at radius 3 is 2.86 bits per heavy atom. The Hall–Kier alpha value is -2.97. The first-order chi connectivity index (χ1) is 13.7. The van der Waals surface area contributed by atoms with Gasteiger partial charge < -0.3 is 13.6 Å². The summed E-state index contributed by atoms with van der Waals surface area (Å²) in [4.78, 5) is 11.5. The lowest BCUT2D eigenvalue weighted by Gasteiger charge is -2.09. The van der Waals surface area contributed by atoms with Crippen LogP contribution in [0.2, 0.25) is 5.02 Å². The number of rotatable bonds is 6. The molecule has 0 spiro atoms. The maximum absolute atomic E-state index is 11.5. The number of halogens is 1. The number of methoxy groups -OCH3 is 1. The van der Waals surface area contributed by atoms with Crippen molar-refractivity contribution in [3.8, 4) is 17.3 Å². The number of hydrogen-bond donors (Lipinski definition) is 0. The van der Waals surface area contributed by atoms with Crippen molar-refractivity contribution in [1.82, 2.24) is 14.8 Å². The molecule has 3 heterocycles. The molecule has 4 aromatic rings. The van der Waals surface area contributed by atoms with Crippen molar-refractivity contribution in [2.45, 2.75) is 10.9 Å². The van der Waals surface area contributed by atoms with Crippen LogP contribution in [0.1, 0.15) is 16.3 Å². The highest BCUT2D eigenvalue weighted by molar-refractivity contribution is 7.98. The molecule has 0 saturated heterocycles. The van der Waals surface area contributed by atoms with E-state index in [0.29, 0.717) is 33.3 Å². The molecule has 142 valence electrons. The van der Waals surface area contributed by atoms with Gasteiger partial charge in [0.25, 0.3) is 0 Å². The summed E-state index contributed by atoms with van der Waals surface area (Å²) < 4.78 is 17.5. The minimum atomic E-state index is -0.515. The zero-order valence-corrected chi connectivity index (χ0v) is 16.2. The van der Waals surface area contributed by atoms with Gasteiger partial charge in [0.2, 0.25) is 11.6 Å². The smallest absolute Gasteiger partial charge is 0.373 e. The minimum absolute atomic E-state index is 0.158. The molecule has 0 aliphatic carbocycles. The van der Waals surface area contributed by atoms with Crippen molar-refractivity contribution in [3.63, 3.8) is 0 Å². The van der Waals surface area contributed by atoms with Gasteiger partial charge >= 0.3 is 5.97 Å². The Morgan fingerprint density at radius 1 is 1.21 bits per heavy atom. The zero-order chi connectivity index (χ0) is 19.5. The van der Waals surface area contributed by atoms with Crippen LogP contribution in [0, 0.1) is 0 Å². The number of furan rings is 2. The van der Waals surface area contributed by atoms with E-state index in [0.717, 1.165) is 5.69 Å². The van der Waals surface area contributed by atoms with Gasteiger partial charge in [-0.3, -0.25) is 4.57 Å². The van der Waals surface area contributed by atoms with Gasteiger partial charge in [-0.2, -0.15) is 0 Å². The Morgan fingerprint density at radius 2 is 2.11 bits per heavy atom. The highest BCUT2D eigenvalue weighted by Crippen LogP contribution is 2.31. The number of nitrogens with zero attached hydrogens (tertiary/aromatic N) is 3. The largest absolute Gasteiger partial charge is 0.463 e. The van der Waals surface area contributed by atoms with Crippen LogP contribution in [-0.4, -0.2) is 27.8 Å². The normalized spacial score (nSPS) is 10.9. The number of thioether (sulfide) groups is 1. The lowest BCUT2D eigenvalue weighted by Crippen LogP contribution is -1.99. The number of carbonyl (C=O) groups is 1. The van der Waals surface area contributed by atoms with E-state index in [1.165, 1.54) is 18.9 Å². The van der Waals surface area contributed by atoms with E-state index >= 15 is 0 Å². The quantitative estimate of drug-likeness (QED) is 0.328. The number of aromatic nitrogens is 3. The van der Waals surface area contributed by atoms with E-state index in [-0.39, 0.29) is 5.76 Å². The van der Waals surface area contributed by atoms with Crippen LogP contribution >= 0.6 is 23.4 Å². The van der Waals surface area contributed by atoms with Crippen LogP contribution < -0.4 is 0 Å². The van der Waals surface area contributed by atoms with Crippen molar-refractivity contribution >= 4 is 29.3 Å². The first kappa shape index (κ1) is 18.4. The molecule has 4 rings (SSSR count). The maximum atomic E-state index is 11.5. The molecule has 0 unspecified atom stereocenters. The summed E-state index contributed by atoms with van der Waals surface area (Å²) in [5, 5.41) is 9.79. The predicted molar refractivity (Wildman–Crippen MR) is 104 cm³/mol. The maximum Gasteiger partial charge on any atom is 0.373 e. The molecular weight excluding hydrogens is 402 g/mol. The average molecular weight is 416 g/mol. The molecule has 3 aromatic heterocycles. The Kier molecular flexibility index (Phi) is 5.23. The molecule has 0 amide bonds. The van der Waals surface area contributed by atoms with Gasteiger partial charge in [0.1, 0.15) is 5.76 Å². The van der Waals surface area contributed by atoms with E-state index in [1.807, 2.05) is 28.8 Å². The number of benzene rings is 1. The Labute approximate surface area is 169 Å². The van der Waals surface area contributed by atoms with Crippen LogP contribution in [0.4, 0.5) is 0 Å². The SMILES string of the molecule is COC(=O)c1ccc(CSc2nnc(-c3ccco3)n2-c2cccc(Cl)c2)o1. The van der Waals surface area contributed by atoms with E-state index in [1.54, 1.807) is 30.5 Å². The lowest BCUT2D eigenvalue weighted by atomic mass is 10.3. The van der Waals surface area contributed by atoms with Gasteiger partial charge in [-0.1, -0.05) is 29.4 Å². The summed E-state index contributed by atoms with van der Waals surface area (Å²) in [6.45, 7) is 0. The highest BCUT2D eigenvalue weighted by Gasteiger charge is 2.19. The molecule has 0 bridgehead atoms. The molecule has 28 heavy (non-hydrogen) atoms. The van der Waals surface area contributed by atoms with Crippen molar-refractivity contribution < 1.29 is 18.4 Å². The fourth-order valence-corrected chi connectivity index (χ4v) is 3.61. The second-order valence-corrected chi connectivity index (χ2v) is 7.02. The molecule has 7 nitrogen and oxygen atoms in total. The summed E-state index contributed by atoms with van der Waals surface area (Å²) in [5.74, 6) is 1.86. The van der Waals surface area contributed by atoms with Crippen LogP contribution in [0.15, 0.2) is 68.8 Å². The Balaban J connectivity index is 1.65. The number of hydrogen-bond acceptors (Lipinski definition) is 7. The lowest BCUT2D eigenvalue weighted by molar-refractivity contribution is 0.0563. The molecule has 0 fully saturated rings. The summed E-state index contributed by atoms with van der Waals surface area (Å²) in [5.41, 5.74) is 0.807. The Bertz CT molecular complexity index is 1100. The first-order valence-electron chi connectivity index (χ1n) is 8.21. The third-order valence-electron chi connectivity index (χ3n) is 3.83.